The lowest BCUT2D eigenvalue weighted by Crippen LogP contribution is -2.55. The highest BCUT2D eigenvalue weighted by Crippen LogP contribution is 2.22. The fraction of sp³-hybridized carbons (Fsp3) is 0.467. The van der Waals surface area contributed by atoms with Gasteiger partial charge in [-0.1, -0.05) is 25.1 Å². The van der Waals surface area contributed by atoms with Crippen molar-refractivity contribution in [2.75, 3.05) is 7.05 Å². The highest BCUT2D eigenvalue weighted by atomic mass is 19.1. The summed E-state index contributed by atoms with van der Waals surface area (Å²) in [5.41, 5.74) is -0.969. The van der Waals surface area contributed by atoms with Crippen molar-refractivity contribution in [2.45, 2.75) is 38.8 Å². The molecule has 0 saturated heterocycles. The van der Waals surface area contributed by atoms with Crippen LogP contribution in [0.1, 0.15) is 38.8 Å². The molecule has 0 aliphatic carbocycles. The molecule has 1 rings (SSSR count). The molecule has 2 atom stereocenters. The van der Waals surface area contributed by atoms with Gasteiger partial charge in [0.05, 0.1) is 6.04 Å². The molecule has 0 aliphatic rings. The number of carboxylic acid groups (broad SMARTS) is 1. The predicted molar refractivity (Wildman–Crippen MR) is 77.4 cm³/mol. The molecule has 0 heterocycles. The number of carbonyl (C=O) groups is 2. The summed E-state index contributed by atoms with van der Waals surface area (Å²) in [4.78, 5) is 24.7. The molecular weight excluding hydrogens is 275 g/mol. The normalized spacial score (nSPS) is 14.9. The van der Waals surface area contributed by atoms with Gasteiger partial charge in [-0.2, -0.15) is 0 Å². The molecule has 0 aliphatic heterocycles. The molecule has 1 aromatic carbocycles. The lowest BCUT2D eigenvalue weighted by atomic mass is 9.99. The van der Waals surface area contributed by atoms with Gasteiger partial charge >= 0.3 is 12.0 Å². The third-order valence-electron chi connectivity index (χ3n) is 3.82. The highest BCUT2D eigenvalue weighted by Gasteiger charge is 2.34. The van der Waals surface area contributed by atoms with E-state index in [9.17, 15) is 14.0 Å². The van der Waals surface area contributed by atoms with Crippen LogP contribution in [0, 0.1) is 5.82 Å². The van der Waals surface area contributed by atoms with E-state index in [0.717, 1.165) is 0 Å². The molecule has 0 aromatic heterocycles. The molecule has 0 fully saturated rings. The minimum absolute atomic E-state index is 0.246. The van der Waals surface area contributed by atoms with E-state index in [1.807, 2.05) is 0 Å². The summed E-state index contributed by atoms with van der Waals surface area (Å²) in [5, 5.41) is 11.6. The van der Waals surface area contributed by atoms with Crippen LogP contribution >= 0.6 is 0 Å². The van der Waals surface area contributed by atoms with Gasteiger partial charge in [0.2, 0.25) is 0 Å². The first-order valence-electron chi connectivity index (χ1n) is 6.75. The smallest absolute Gasteiger partial charge is 0.329 e. The van der Waals surface area contributed by atoms with Gasteiger partial charge < -0.3 is 15.3 Å². The zero-order valence-corrected chi connectivity index (χ0v) is 12.7. The SMILES string of the molecule is CCC(C)(NC(=O)N(C)C(C)c1ccccc1F)C(=O)O. The van der Waals surface area contributed by atoms with Crippen molar-refractivity contribution >= 4 is 12.0 Å². The van der Waals surface area contributed by atoms with E-state index in [2.05, 4.69) is 5.32 Å². The van der Waals surface area contributed by atoms with E-state index >= 15 is 0 Å². The summed E-state index contributed by atoms with van der Waals surface area (Å²) in [6, 6.07) is 5.11. The predicted octanol–water partition coefficient (Wildman–Crippen LogP) is 2.78. The van der Waals surface area contributed by atoms with E-state index in [4.69, 9.17) is 5.11 Å². The van der Waals surface area contributed by atoms with Gasteiger partial charge in [0.25, 0.3) is 0 Å². The number of nitrogens with one attached hydrogen (secondary N) is 1. The quantitative estimate of drug-likeness (QED) is 0.877. The first-order chi connectivity index (χ1) is 9.73. The van der Waals surface area contributed by atoms with Gasteiger partial charge in [0.15, 0.2) is 0 Å². The van der Waals surface area contributed by atoms with Crippen LogP contribution in [0.3, 0.4) is 0 Å². The minimum Gasteiger partial charge on any atom is -0.480 e. The van der Waals surface area contributed by atoms with Crippen molar-refractivity contribution in [1.82, 2.24) is 10.2 Å². The standard InChI is InChI=1S/C15H21FN2O3/c1-5-15(3,13(19)20)17-14(21)18(4)10(2)11-8-6-7-9-12(11)16/h6-10H,5H2,1-4H3,(H,17,21)(H,19,20). The third-order valence-corrected chi connectivity index (χ3v) is 3.82. The van der Waals surface area contributed by atoms with Gasteiger partial charge in [-0.25, -0.2) is 14.0 Å². The molecule has 1 aromatic rings. The molecule has 0 bridgehead atoms. The van der Waals surface area contributed by atoms with Crippen molar-refractivity contribution in [2.24, 2.45) is 0 Å². The molecular formula is C15H21FN2O3. The zero-order chi connectivity index (χ0) is 16.2. The average molecular weight is 296 g/mol. The molecule has 5 nitrogen and oxygen atoms in total. The Hall–Kier alpha value is -2.11. The van der Waals surface area contributed by atoms with Gasteiger partial charge in [-0.3, -0.25) is 0 Å². The van der Waals surface area contributed by atoms with E-state index in [1.54, 1.807) is 32.0 Å². The van der Waals surface area contributed by atoms with Crippen molar-refractivity contribution in [3.05, 3.63) is 35.6 Å². The van der Waals surface area contributed by atoms with Crippen LogP contribution in [0.5, 0.6) is 0 Å². The minimum atomic E-state index is -1.35. The van der Waals surface area contributed by atoms with Crippen LogP contribution in [0.2, 0.25) is 0 Å². The molecule has 21 heavy (non-hydrogen) atoms. The number of nitrogens with zero attached hydrogens (tertiary/aromatic N) is 1. The Bertz CT molecular complexity index is 535. The number of hydrogen-bond donors (Lipinski definition) is 2. The van der Waals surface area contributed by atoms with E-state index < -0.39 is 29.4 Å². The Morgan fingerprint density at radius 3 is 2.48 bits per heavy atom. The van der Waals surface area contributed by atoms with Crippen molar-refractivity contribution in [3.63, 3.8) is 0 Å². The van der Waals surface area contributed by atoms with Crippen molar-refractivity contribution < 1.29 is 19.1 Å². The number of aliphatic carboxylic acids is 1. The van der Waals surface area contributed by atoms with E-state index in [-0.39, 0.29) is 6.42 Å². The van der Waals surface area contributed by atoms with Crippen LogP contribution < -0.4 is 5.32 Å². The molecule has 2 unspecified atom stereocenters. The monoisotopic (exact) mass is 296 g/mol. The van der Waals surface area contributed by atoms with Gasteiger partial charge in [0.1, 0.15) is 11.4 Å². The Labute approximate surface area is 123 Å². The molecule has 2 amide bonds. The highest BCUT2D eigenvalue weighted by molar-refractivity contribution is 5.85. The summed E-state index contributed by atoms with van der Waals surface area (Å²) in [7, 11) is 1.50. The number of urea groups is 1. The first-order valence-corrected chi connectivity index (χ1v) is 6.75. The number of benzene rings is 1. The molecule has 0 saturated carbocycles. The number of carbonyl (C=O) groups excluding carboxylic acids is 1. The topological polar surface area (TPSA) is 69.6 Å². The number of hydrogen-bond acceptors (Lipinski definition) is 2. The molecule has 116 valence electrons. The Morgan fingerprint density at radius 2 is 2.00 bits per heavy atom. The second-order valence-corrected chi connectivity index (χ2v) is 5.23. The van der Waals surface area contributed by atoms with E-state index in [0.29, 0.717) is 5.56 Å². The Morgan fingerprint density at radius 1 is 1.43 bits per heavy atom. The maximum absolute atomic E-state index is 13.7. The molecule has 0 radical (unpaired) electrons. The fourth-order valence-electron chi connectivity index (χ4n) is 1.82. The van der Waals surface area contributed by atoms with E-state index in [1.165, 1.54) is 24.9 Å². The summed E-state index contributed by atoms with van der Waals surface area (Å²) in [6.45, 7) is 4.80. The number of rotatable bonds is 5. The van der Waals surface area contributed by atoms with Crippen LogP contribution in [0.25, 0.3) is 0 Å². The Balaban J connectivity index is 2.88. The zero-order valence-electron chi connectivity index (χ0n) is 12.7. The largest absolute Gasteiger partial charge is 0.480 e. The second-order valence-electron chi connectivity index (χ2n) is 5.23. The van der Waals surface area contributed by atoms with Crippen LogP contribution in [0.4, 0.5) is 9.18 Å². The molecule has 2 N–H and O–H groups in total. The summed E-state index contributed by atoms with van der Waals surface area (Å²) in [6.07, 6.45) is 0.246. The first kappa shape index (κ1) is 16.9. The van der Waals surface area contributed by atoms with Gasteiger partial charge in [0, 0.05) is 12.6 Å². The van der Waals surface area contributed by atoms with Crippen LogP contribution in [-0.2, 0) is 4.79 Å². The number of amides is 2. The number of carboxylic acids is 1. The fourth-order valence-corrected chi connectivity index (χ4v) is 1.82. The van der Waals surface area contributed by atoms with Crippen LogP contribution in [-0.4, -0.2) is 34.6 Å². The van der Waals surface area contributed by atoms with Crippen molar-refractivity contribution in [1.29, 1.82) is 0 Å². The lowest BCUT2D eigenvalue weighted by molar-refractivity contribution is -0.143. The second kappa shape index (κ2) is 6.56. The number of halogens is 1. The lowest BCUT2D eigenvalue weighted by Gasteiger charge is -2.31. The van der Waals surface area contributed by atoms with Crippen LogP contribution in [0.15, 0.2) is 24.3 Å². The summed E-state index contributed by atoms with van der Waals surface area (Å²) >= 11 is 0. The molecule has 0 spiro atoms. The van der Waals surface area contributed by atoms with Gasteiger partial charge in [-0.15, -0.1) is 0 Å². The molecule has 6 heteroatoms. The third kappa shape index (κ3) is 3.71. The van der Waals surface area contributed by atoms with Gasteiger partial charge in [-0.05, 0) is 26.3 Å². The average Bonchev–Trinajstić information content (AvgIpc) is 2.45. The Kier molecular flexibility index (Phi) is 5.29. The maximum atomic E-state index is 13.7. The summed E-state index contributed by atoms with van der Waals surface area (Å²) < 4.78 is 13.7. The van der Waals surface area contributed by atoms with Crippen molar-refractivity contribution in [3.8, 4) is 0 Å². The summed E-state index contributed by atoms with van der Waals surface area (Å²) in [5.74, 6) is -1.51. The maximum Gasteiger partial charge on any atom is 0.329 e.